The molecule has 0 heterocycles. The van der Waals surface area contributed by atoms with Gasteiger partial charge in [-0.3, -0.25) is 4.79 Å². The third-order valence-electron chi connectivity index (χ3n) is 4.81. The van der Waals surface area contributed by atoms with Crippen molar-refractivity contribution in [2.45, 2.75) is 76.9 Å². The Balaban J connectivity index is 2.49. The van der Waals surface area contributed by atoms with Gasteiger partial charge >= 0.3 is 5.97 Å². The average molecular weight is 348 g/mol. The lowest BCUT2D eigenvalue weighted by Crippen LogP contribution is -2.22. The van der Waals surface area contributed by atoms with E-state index in [1.807, 2.05) is 12.2 Å². The van der Waals surface area contributed by atoms with Crippen molar-refractivity contribution in [1.82, 2.24) is 0 Å². The average Bonchev–Trinajstić information content (AvgIpc) is 2.89. The number of hydrogen-bond acceptors (Lipinski definition) is 3. The molecule has 0 amide bonds. The number of aliphatic hydroxyl groups excluding tert-OH is 1. The zero-order valence-electron chi connectivity index (χ0n) is 15.4. The maximum Gasteiger partial charge on any atom is 0.303 e. The Morgan fingerprint density at radius 2 is 2.08 bits per heavy atom. The van der Waals surface area contributed by atoms with Gasteiger partial charge in [-0.15, -0.1) is 11.8 Å². The van der Waals surface area contributed by atoms with Gasteiger partial charge in [0.15, 0.2) is 0 Å². The lowest BCUT2D eigenvalue weighted by atomic mass is 9.89. The van der Waals surface area contributed by atoms with E-state index in [2.05, 4.69) is 24.0 Å². The molecule has 0 spiro atoms. The van der Waals surface area contributed by atoms with Gasteiger partial charge in [0.1, 0.15) is 0 Å². The molecule has 1 unspecified atom stereocenters. The van der Waals surface area contributed by atoms with Crippen LogP contribution in [0.5, 0.6) is 0 Å². The van der Waals surface area contributed by atoms with Crippen LogP contribution in [0, 0.1) is 23.7 Å². The van der Waals surface area contributed by atoms with Gasteiger partial charge in [0.25, 0.3) is 0 Å². The molecule has 0 radical (unpaired) electrons. The Kier molecular flexibility index (Phi) is 9.55. The molecular formula is C21H32O4. The van der Waals surface area contributed by atoms with Crippen LogP contribution in [0.4, 0.5) is 0 Å². The summed E-state index contributed by atoms with van der Waals surface area (Å²) in [5.74, 6) is 5.47. The van der Waals surface area contributed by atoms with Crippen LogP contribution in [0.1, 0.15) is 65.2 Å². The molecule has 3 N–H and O–H groups in total. The Morgan fingerprint density at radius 3 is 2.76 bits per heavy atom. The van der Waals surface area contributed by atoms with Crippen LogP contribution in [-0.4, -0.2) is 33.0 Å². The normalized spacial score (nSPS) is 25.8. The van der Waals surface area contributed by atoms with Crippen molar-refractivity contribution in [3.8, 4) is 11.8 Å². The fourth-order valence-electron chi connectivity index (χ4n) is 3.24. The van der Waals surface area contributed by atoms with Gasteiger partial charge in [-0.2, -0.15) is 0 Å². The highest BCUT2D eigenvalue weighted by molar-refractivity contribution is 5.66. The van der Waals surface area contributed by atoms with Gasteiger partial charge in [-0.25, -0.2) is 0 Å². The van der Waals surface area contributed by atoms with E-state index in [1.54, 1.807) is 13.8 Å². The van der Waals surface area contributed by atoms with E-state index < -0.39 is 11.6 Å². The highest BCUT2D eigenvalue weighted by atomic mass is 16.4. The maximum atomic E-state index is 10.5. The second-order valence-electron chi connectivity index (χ2n) is 7.11. The van der Waals surface area contributed by atoms with E-state index in [0.29, 0.717) is 19.3 Å². The monoisotopic (exact) mass is 348 g/mol. The zero-order chi connectivity index (χ0) is 18.7. The van der Waals surface area contributed by atoms with Gasteiger partial charge in [0.2, 0.25) is 0 Å². The second-order valence-corrected chi connectivity index (χ2v) is 7.11. The molecule has 140 valence electrons. The summed E-state index contributed by atoms with van der Waals surface area (Å²) in [6.45, 7) is 3.59. The lowest BCUT2D eigenvalue weighted by molar-refractivity contribution is -0.137. The van der Waals surface area contributed by atoms with Crippen molar-refractivity contribution < 1.29 is 20.1 Å². The molecule has 1 rings (SSSR count). The third-order valence-corrected chi connectivity index (χ3v) is 4.81. The van der Waals surface area contributed by atoms with Gasteiger partial charge < -0.3 is 15.3 Å². The summed E-state index contributed by atoms with van der Waals surface area (Å²) in [5.41, 5.74) is -0.866. The Labute approximate surface area is 151 Å². The minimum atomic E-state index is -0.866. The molecule has 0 aromatic rings. The molecule has 25 heavy (non-hydrogen) atoms. The molecule has 1 saturated carbocycles. The number of aliphatic hydroxyl groups is 2. The van der Waals surface area contributed by atoms with Crippen molar-refractivity contribution >= 4 is 5.97 Å². The molecule has 0 saturated heterocycles. The molecule has 0 bridgehead atoms. The Hall–Kier alpha value is -1.57. The Bertz CT molecular complexity index is 522. The summed E-state index contributed by atoms with van der Waals surface area (Å²) < 4.78 is 0. The molecule has 4 atom stereocenters. The molecule has 1 fully saturated rings. The first-order valence-electron chi connectivity index (χ1n) is 9.22. The van der Waals surface area contributed by atoms with Crippen LogP contribution in [0.25, 0.3) is 0 Å². The van der Waals surface area contributed by atoms with Crippen LogP contribution in [0.2, 0.25) is 0 Å². The smallest absolute Gasteiger partial charge is 0.303 e. The first-order chi connectivity index (χ1) is 11.9. The zero-order valence-corrected chi connectivity index (χ0v) is 15.4. The summed E-state index contributed by atoms with van der Waals surface area (Å²) in [7, 11) is 0. The lowest BCUT2D eigenvalue weighted by Gasteiger charge is -2.21. The van der Waals surface area contributed by atoms with Crippen LogP contribution in [0.15, 0.2) is 24.3 Å². The molecule has 4 nitrogen and oxygen atoms in total. The van der Waals surface area contributed by atoms with E-state index >= 15 is 0 Å². The highest BCUT2D eigenvalue weighted by Gasteiger charge is 2.32. The number of hydrogen-bond donors (Lipinski definition) is 3. The fraction of sp³-hybridized carbons (Fsp3) is 0.667. The standard InChI is InChI=1S/C21H32O4/c1-3-4-9-15-21(2,25)16-14-17-12-13-19(22)18(17)10-7-5-6-8-11-20(23)24/h5,7,14,16-19,22,25H,6,8-13,15H2,1-2H3,(H,23,24)/t17-,18-,19+,21?/m1/s1. The number of carboxylic acids is 1. The van der Waals surface area contributed by atoms with Crippen molar-refractivity contribution in [3.63, 3.8) is 0 Å². The van der Waals surface area contributed by atoms with Crippen LogP contribution in [-0.2, 0) is 4.79 Å². The number of carbonyl (C=O) groups is 1. The summed E-state index contributed by atoms with van der Waals surface area (Å²) in [4.78, 5) is 10.5. The van der Waals surface area contributed by atoms with Crippen molar-refractivity contribution in [3.05, 3.63) is 24.3 Å². The van der Waals surface area contributed by atoms with Crippen LogP contribution < -0.4 is 0 Å². The molecule has 0 aliphatic heterocycles. The third kappa shape index (κ3) is 8.90. The minimum Gasteiger partial charge on any atom is -0.481 e. The van der Waals surface area contributed by atoms with E-state index in [-0.39, 0.29) is 24.4 Å². The molecule has 1 aliphatic rings. The van der Waals surface area contributed by atoms with Gasteiger partial charge in [-0.05, 0) is 64.2 Å². The predicted octanol–water partition coefficient (Wildman–Crippen LogP) is 3.69. The molecule has 4 heteroatoms. The predicted molar refractivity (Wildman–Crippen MR) is 99.9 cm³/mol. The first kappa shape index (κ1) is 21.5. The van der Waals surface area contributed by atoms with E-state index in [4.69, 9.17) is 5.11 Å². The quantitative estimate of drug-likeness (QED) is 0.320. The van der Waals surface area contributed by atoms with E-state index in [9.17, 15) is 15.0 Å². The van der Waals surface area contributed by atoms with Gasteiger partial charge in [0, 0.05) is 12.8 Å². The van der Waals surface area contributed by atoms with Crippen LogP contribution >= 0.6 is 0 Å². The largest absolute Gasteiger partial charge is 0.481 e. The SMILES string of the molecule is CC#CCCC(C)(O)C=C[C@H]1CC[C@H](O)[C@@H]1CC=CCCCC(=O)O. The minimum absolute atomic E-state index is 0.165. The van der Waals surface area contributed by atoms with Gasteiger partial charge in [0.05, 0.1) is 11.7 Å². The fourth-order valence-corrected chi connectivity index (χ4v) is 3.24. The summed E-state index contributed by atoms with van der Waals surface area (Å²) in [6.07, 6.45) is 13.0. The Morgan fingerprint density at radius 1 is 1.32 bits per heavy atom. The molecule has 0 aromatic heterocycles. The summed E-state index contributed by atoms with van der Waals surface area (Å²) in [6, 6.07) is 0. The van der Waals surface area contributed by atoms with Crippen molar-refractivity contribution in [2.24, 2.45) is 11.8 Å². The number of unbranched alkanes of at least 4 members (excludes halogenated alkanes) is 1. The maximum absolute atomic E-state index is 10.5. The van der Waals surface area contributed by atoms with Crippen molar-refractivity contribution in [2.75, 3.05) is 0 Å². The van der Waals surface area contributed by atoms with E-state index in [1.165, 1.54) is 0 Å². The van der Waals surface area contributed by atoms with Crippen LogP contribution in [0.3, 0.4) is 0 Å². The molecule has 0 aromatic carbocycles. The van der Waals surface area contributed by atoms with E-state index in [0.717, 1.165) is 25.7 Å². The number of rotatable bonds is 10. The first-order valence-corrected chi connectivity index (χ1v) is 9.22. The highest BCUT2D eigenvalue weighted by Crippen LogP contribution is 2.36. The molecule has 1 aliphatic carbocycles. The topological polar surface area (TPSA) is 77.8 Å². The number of carboxylic acid groups (broad SMARTS) is 1. The van der Waals surface area contributed by atoms with Gasteiger partial charge in [-0.1, -0.05) is 24.3 Å². The number of allylic oxidation sites excluding steroid dienone is 3. The summed E-state index contributed by atoms with van der Waals surface area (Å²) >= 11 is 0. The number of aliphatic carboxylic acids is 1. The molecular weight excluding hydrogens is 316 g/mol. The summed E-state index contributed by atoms with van der Waals surface area (Å²) in [5, 5.41) is 29.2. The van der Waals surface area contributed by atoms with Crippen molar-refractivity contribution in [1.29, 1.82) is 0 Å². The second kappa shape index (κ2) is 11.1.